The Morgan fingerprint density at radius 2 is 1.65 bits per heavy atom. The first kappa shape index (κ1) is 14.1. The van der Waals surface area contributed by atoms with E-state index in [0.717, 1.165) is 22.4 Å². The fraction of sp³-hybridized carbons (Fsp3) is 0.235. The molecule has 1 N–H and O–H groups in total. The lowest BCUT2D eigenvalue weighted by Gasteiger charge is -2.13. The van der Waals surface area contributed by atoms with Crippen LogP contribution in [-0.2, 0) is 0 Å². The molecule has 2 rings (SSSR count). The van der Waals surface area contributed by atoms with Crippen molar-refractivity contribution >= 4 is 11.6 Å². The van der Waals surface area contributed by atoms with E-state index in [4.69, 9.17) is 4.74 Å². The van der Waals surface area contributed by atoms with Gasteiger partial charge in [-0.25, -0.2) is 0 Å². The first-order chi connectivity index (χ1) is 9.54. The quantitative estimate of drug-likeness (QED) is 0.918. The Morgan fingerprint density at radius 1 is 1.00 bits per heavy atom. The van der Waals surface area contributed by atoms with Crippen molar-refractivity contribution in [2.24, 2.45) is 0 Å². The average molecular weight is 269 g/mol. The van der Waals surface area contributed by atoms with Gasteiger partial charge in [0.25, 0.3) is 5.91 Å². The van der Waals surface area contributed by atoms with Gasteiger partial charge in [-0.05, 0) is 49.6 Å². The van der Waals surface area contributed by atoms with Gasteiger partial charge in [0.05, 0.1) is 12.7 Å². The third-order valence-corrected chi connectivity index (χ3v) is 3.51. The van der Waals surface area contributed by atoms with Crippen LogP contribution in [0.5, 0.6) is 5.75 Å². The molecule has 0 aliphatic heterocycles. The SMILES string of the molecule is COc1c(C)cccc1C(=O)Nc1cccc(C)c1C. The monoisotopic (exact) mass is 269 g/mol. The lowest BCUT2D eigenvalue weighted by molar-refractivity contribution is 0.102. The largest absolute Gasteiger partial charge is 0.496 e. The van der Waals surface area contributed by atoms with Gasteiger partial charge in [-0.2, -0.15) is 0 Å². The van der Waals surface area contributed by atoms with Crippen molar-refractivity contribution in [3.05, 3.63) is 58.7 Å². The summed E-state index contributed by atoms with van der Waals surface area (Å²) in [5, 5.41) is 2.95. The molecule has 0 aromatic heterocycles. The second kappa shape index (κ2) is 5.78. The first-order valence-corrected chi connectivity index (χ1v) is 6.55. The number of carbonyl (C=O) groups is 1. The minimum atomic E-state index is -0.153. The molecule has 2 aromatic carbocycles. The number of nitrogens with one attached hydrogen (secondary N) is 1. The summed E-state index contributed by atoms with van der Waals surface area (Å²) in [6.45, 7) is 5.95. The van der Waals surface area contributed by atoms with Gasteiger partial charge in [0, 0.05) is 5.69 Å². The number of hydrogen-bond acceptors (Lipinski definition) is 2. The van der Waals surface area contributed by atoms with Crippen molar-refractivity contribution < 1.29 is 9.53 Å². The van der Waals surface area contributed by atoms with Crippen molar-refractivity contribution in [1.29, 1.82) is 0 Å². The molecule has 104 valence electrons. The predicted octanol–water partition coefficient (Wildman–Crippen LogP) is 3.87. The maximum atomic E-state index is 12.4. The molecule has 0 saturated heterocycles. The Labute approximate surface area is 119 Å². The normalized spacial score (nSPS) is 10.2. The Kier molecular flexibility index (Phi) is 4.08. The maximum absolute atomic E-state index is 12.4. The van der Waals surface area contributed by atoms with Crippen LogP contribution in [0.15, 0.2) is 36.4 Å². The van der Waals surface area contributed by atoms with Crippen molar-refractivity contribution in [1.82, 2.24) is 0 Å². The molecular formula is C17H19NO2. The van der Waals surface area contributed by atoms with Gasteiger partial charge in [-0.15, -0.1) is 0 Å². The number of ether oxygens (including phenoxy) is 1. The van der Waals surface area contributed by atoms with Crippen LogP contribution in [0.1, 0.15) is 27.0 Å². The van der Waals surface area contributed by atoms with E-state index in [-0.39, 0.29) is 5.91 Å². The fourth-order valence-corrected chi connectivity index (χ4v) is 2.18. The number of anilines is 1. The van der Waals surface area contributed by atoms with E-state index in [0.29, 0.717) is 11.3 Å². The zero-order valence-corrected chi connectivity index (χ0v) is 12.3. The van der Waals surface area contributed by atoms with E-state index in [1.54, 1.807) is 13.2 Å². The highest BCUT2D eigenvalue weighted by molar-refractivity contribution is 6.06. The molecule has 0 aliphatic carbocycles. The average Bonchev–Trinajstić information content (AvgIpc) is 2.43. The van der Waals surface area contributed by atoms with E-state index in [2.05, 4.69) is 5.32 Å². The van der Waals surface area contributed by atoms with Gasteiger partial charge in [0.15, 0.2) is 0 Å². The molecule has 0 unspecified atom stereocenters. The molecule has 0 fully saturated rings. The summed E-state index contributed by atoms with van der Waals surface area (Å²) in [6.07, 6.45) is 0. The molecule has 0 heterocycles. The third kappa shape index (κ3) is 2.67. The molecule has 0 bridgehead atoms. The van der Waals surface area contributed by atoms with Gasteiger partial charge >= 0.3 is 0 Å². The first-order valence-electron chi connectivity index (χ1n) is 6.55. The number of aryl methyl sites for hydroxylation is 2. The molecule has 0 spiro atoms. The van der Waals surface area contributed by atoms with E-state index in [9.17, 15) is 4.79 Å². The number of carbonyl (C=O) groups excluding carboxylic acids is 1. The highest BCUT2D eigenvalue weighted by Gasteiger charge is 2.14. The predicted molar refractivity (Wildman–Crippen MR) is 81.6 cm³/mol. The highest BCUT2D eigenvalue weighted by atomic mass is 16.5. The topological polar surface area (TPSA) is 38.3 Å². The second-order valence-corrected chi connectivity index (χ2v) is 4.86. The molecule has 0 radical (unpaired) electrons. The van der Waals surface area contributed by atoms with Crippen LogP contribution in [-0.4, -0.2) is 13.0 Å². The molecular weight excluding hydrogens is 250 g/mol. The molecule has 3 heteroatoms. The highest BCUT2D eigenvalue weighted by Crippen LogP contribution is 2.25. The van der Waals surface area contributed by atoms with Gasteiger partial charge in [-0.3, -0.25) is 4.79 Å². The minimum absolute atomic E-state index is 0.153. The van der Waals surface area contributed by atoms with E-state index in [1.165, 1.54) is 0 Å². The number of rotatable bonds is 3. The molecule has 1 amide bonds. The Balaban J connectivity index is 2.34. The number of hydrogen-bond donors (Lipinski definition) is 1. The lowest BCUT2D eigenvalue weighted by Crippen LogP contribution is -2.14. The Morgan fingerprint density at radius 3 is 2.35 bits per heavy atom. The third-order valence-electron chi connectivity index (χ3n) is 3.51. The zero-order chi connectivity index (χ0) is 14.7. The van der Waals surface area contributed by atoms with Crippen molar-refractivity contribution in [2.45, 2.75) is 20.8 Å². The van der Waals surface area contributed by atoms with Crippen LogP contribution in [0.25, 0.3) is 0 Å². The minimum Gasteiger partial charge on any atom is -0.496 e. The van der Waals surface area contributed by atoms with Gasteiger partial charge in [0.2, 0.25) is 0 Å². The summed E-state index contributed by atoms with van der Waals surface area (Å²) < 4.78 is 5.33. The Hall–Kier alpha value is -2.29. The smallest absolute Gasteiger partial charge is 0.259 e. The van der Waals surface area contributed by atoms with Crippen molar-refractivity contribution in [3.63, 3.8) is 0 Å². The van der Waals surface area contributed by atoms with Gasteiger partial charge in [-0.1, -0.05) is 24.3 Å². The number of amides is 1. The fourth-order valence-electron chi connectivity index (χ4n) is 2.18. The standard InChI is InChI=1S/C17H19NO2/c1-11-7-6-10-15(13(11)3)18-17(19)14-9-5-8-12(2)16(14)20-4/h5-10H,1-4H3,(H,18,19). The van der Waals surface area contributed by atoms with Crippen LogP contribution < -0.4 is 10.1 Å². The molecule has 20 heavy (non-hydrogen) atoms. The van der Waals surface area contributed by atoms with Crippen LogP contribution in [0, 0.1) is 20.8 Å². The van der Waals surface area contributed by atoms with E-state index in [1.807, 2.05) is 51.1 Å². The number of benzene rings is 2. The van der Waals surface area contributed by atoms with Crippen LogP contribution in [0.2, 0.25) is 0 Å². The van der Waals surface area contributed by atoms with Gasteiger partial charge in [0.1, 0.15) is 5.75 Å². The molecule has 0 atom stereocenters. The summed E-state index contributed by atoms with van der Waals surface area (Å²) in [5.41, 5.74) is 4.56. The summed E-state index contributed by atoms with van der Waals surface area (Å²) >= 11 is 0. The number of methoxy groups -OCH3 is 1. The van der Waals surface area contributed by atoms with Crippen LogP contribution in [0.3, 0.4) is 0 Å². The number of para-hydroxylation sites is 1. The molecule has 2 aromatic rings. The van der Waals surface area contributed by atoms with E-state index < -0.39 is 0 Å². The summed E-state index contributed by atoms with van der Waals surface area (Å²) in [5.74, 6) is 0.467. The summed E-state index contributed by atoms with van der Waals surface area (Å²) in [4.78, 5) is 12.4. The molecule has 0 saturated carbocycles. The van der Waals surface area contributed by atoms with Crippen molar-refractivity contribution in [3.8, 4) is 5.75 Å². The molecule has 3 nitrogen and oxygen atoms in total. The zero-order valence-electron chi connectivity index (χ0n) is 12.3. The lowest BCUT2D eigenvalue weighted by atomic mass is 10.1. The van der Waals surface area contributed by atoms with Crippen LogP contribution >= 0.6 is 0 Å². The molecule has 0 aliphatic rings. The van der Waals surface area contributed by atoms with Gasteiger partial charge < -0.3 is 10.1 Å². The summed E-state index contributed by atoms with van der Waals surface area (Å²) in [7, 11) is 1.58. The summed E-state index contributed by atoms with van der Waals surface area (Å²) in [6, 6.07) is 11.4. The second-order valence-electron chi connectivity index (χ2n) is 4.86. The van der Waals surface area contributed by atoms with Crippen LogP contribution in [0.4, 0.5) is 5.69 Å². The van der Waals surface area contributed by atoms with E-state index >= 15 is 0 Å². The maximum Gasteiger partial charge on any atom is 0.259 e. The Bertz CT molecular complexity index is 647. The van der Waals surface area contributed by atoms with Crippen molar-refractivity contribution in [2.75, 3.05) is 12.4 Å².